The highest BCUT2D eigenvalue weighted by molar-refractivity contribution is 5.78. The minimum absolute atomic E-state index is 0.283. The van der Waals surface area contributed by atoms with E-state index in [1.807, 2.05) is 30.3 Å². The number of nitrogens with zero attached hydrogens (tertiary/aromatic N) is 3. The highest BCUT2D eigenvalue weighted by Gasteiger charge is 2.10. The second-order valence-corrected chi connectivity index (χ2v) is 5.38. The first-order valence-electron chi connectivity index (χ1n) is 7.43. The van der Waals surface area contributed by atoms with Gasteiger partial charge in [0, 0.05) is 23.1 Å². The van der Waals surface area contributed by atoms with Gasteiger partial charge in [0.15, 0.2) is 5.65 Å². The second kappa shape index (κ2) is 5.66. The Morgan fingerprint density at radius 2 is 1.83 bits per heavy atom. The molecule has 118 valence electrons. The Morgan fingerprint density at radius 1 is 1.00 bits per heavy atom. The van der Waals surface area contributed by atoms with Crippen molar-refractivity contribution in [2.45, 2.75) is 0 Å². The molecule has 24 heavy (non-hydrogen) atoms. The Labute approximate surface area is 137 Å². The number of hydrogen-bond donors (Lipinski definition) is 2. The minimum atomic E-state index is -0.283. The Hall–Kier alpha value is -3.41. The molecule has 2 aromatic heterocycles. The van der Waals surface area contributed by atoms with E-state index < -0.39 is 0 Å². The third-order valence-electron chi connectivity index (χ3n) is 3.66. The van der Waals surface area contributed by atoms with E-state index in [1.54, 1.807) is 28.9 Å². The van der Waals surface area contributed by atoms with E-state index in [2.05, 4.69) is 15.4 Å². The summed E-state index contributed by atoms with van der Waals surface area (Å²) in [4.78, 5) is 4.52. The van der Waals surface area contributed by atoms with Crippen molar-refractivity contribution in [3.8, 4) is 11.1 Å². The molecule has 6 heteroatoms. The SMILES string of the molecule is Nc1ccc(Nc2nc3c(-c4cccc(F)c4)cccn3n2)cc1. The van der Waals surface area contributed by atoms with Crippen LogP contribution in [0.25, 0.3) is 16.8 Å². The zero-order valence-electron chi connectivity index (χ0n) is 12.6. The van der Waals surface area contributed by atoms with Gasteiger partial charge in [0.05, 0.1) is 0 Å². The zero-order valence-corrected chi connectivity index (χ0v) is 12.6. The molecule has 5 nitrogen and oxygen atoms in total. The summed E-state index contributed by atoms with van der Waals surface area (Å²) < 4.78 is 15.2. The second-order valence-electron chi connectivity index (χ2n) is 5.38. The fourth-order valence-electron chi connectivity index (χ4n) is 2.54. The van der Waals surface area contributed by atoms with Gasteiger partial charge in [-0.15, -0.1) is 5.10 Å². The van der Waals surface area contributed by atoms with Crippen LogP contribution < -0.4 is 11.1 Å². The van der Waals surface area contributed by atoms with E-state index in [1.165, 1.54) is 12.1 Å². The average Bonchev–Trinajstić information content (AvgIpc) is 2.99. The number of hydrogen-bond acceptors (Lipinski definition) is 4. The van der Waals surface area contributed by atoms with Crippen molar-refractivity contribution in [2.75, 3.05) is 11.1 Å². The Bertz CT molecular complexity index is 1010. The summed E-state index contributed by atoms with van der Waals surface area (Å²) in [6.07, 6.45) is 1.80. The normalized spacial score (nSPS) is 10.9. The van der Waals surface area contributed by atoms with Crippen molar-refractivity contribution < 1.29 is 4.39 Å². The zero-order chi connectivity index (χ0) is 16.5. The average molecular weight is 319 g/mol. The molecule has 0 saturated heterocycles. The standard InChI is InChI=1S/C18H14FN5/c19-13-4-1-3-12(11-13)16-5-2-10-24-17(16)22-18(23-24)21-15-8-6-14(20)7-9-15/h1-11H,20H2,(H,21,23). The van der Waals surface area contributed by atoms with E-state index in [-0.39, 0.29) is 5.82 Å². The number of anilines is 3. The van der Waals surface area contributed by atoms with Crippen molar-refractivity contribution in [3.63, 3.8) is 0 Å². The molecule has 2 aromatic carbocycles. The highest BCUT2D eigenvalue weighted by Crippen LogP contribution is 2.25. The molecule has 0 amide bonds. The molecule has 4 rings (SSSR count). The molecule has 3 N–H and O–H groups in total. The monoisotopic (exact) mass is 319 g/mol. The molecule has 2 heterocycles. The number of aromatic nitrogens is 3. The summed E-state index contributed by atoms with van der Waals surface area (Å²) in [5.74, 6) is 0.179. The van der Waals surface area contributed by atoms with E-state index in [0.717, 1.165) is 16.8 Å². The molecule has 0 fully saturated rings. The molecule has 0 bridgehead atoms. The summed E-state index contributed by atoms with van der Waals surface area (Å²) in [5.41, 5.74) is 9.44. The van der Waals surface area contributed by atoms with Gasteiger partial charge in [0.1, 0.15) is 5.82 Å². The fraction of sp³-hybridized carbons (Fsp3) is 0. The van der Waals surface area contributed by atoms with Crippen molar-refractivity contribution in [1.29, 1.82) is 0 Å². The highest BCUT2D eigenvalue weighted by atomic mass is 19.1. The van der Waals surface area contributed by atoms with Crippen molar-refractivity contribution in [2.24, 2.45) is 0 Å². The lowest BCUT2D eigenvalue weighted by Crippen LogP contribution is -1.93. The number of benzene rings is 2. The van der Waals surface area contributed by atoms with E-state index >= 15 is 0 Å². The van der Waals surface area contributed by atoms with Crippen LogP contribution in [0.3, 0.4) is 0 Å². The molecular formula is C18H14FN5. The van der Waals surface area contributed by atoms with Gasteiger partial charge in [0.25, 0.3) is 0 Å². The molecule has 0 aliphatic heterocycles. The quantitative estimate of drug-likeness (QED) is 0.563. The third kappa shape index (κ3) is 2.65. The summed E-state index contributed by atoms with van der Waals surface area (Å²) in [5, 5.41) is 7.55. The lowest BCUT2D eigenvalue weighted by molar-refractivity contribution is 0.628. The van der Waals surface area contributed by atoms with E-state index in [9.17, 15) is 4.39 Å². The van der Waals surface area contributed by atoms with Crippen LogP contribution in [0.1, 0.15) is 0 Å². The smallest absolute Gasteiger partial charge is 0.247 e. The van der Waals surface area contributed by atoms with Crippen LogP contribution in [0.5, 0.6) is 0 Å². The largest absolute Gasteiger partial charge is 0.399 e. The van der Waals surface area contributed by atoms with Gasteiger partial charge in [-0.05, 0) is 54.1 Å². The Balaban J connectivity index is 1.75. The first kappa shape index (κ1) is 14.2. The maximum Gasteiger partial charge on any atom is 0.247 e. The molecule has 0 unspecified atom stereocenters. The van der Waals surface area contributed by atoms with Crippen LogP contribution in [0, 0.1) is 5.82 Å². The van der Waals surface area contributed by atoms with Crippen LogP contribution in [-0.2, 0) is 0 Å². The molecule has 0 aliphatic carbocycles. The number of nitrogens with one attached hydrogen (secondary N) is 1. The fourth-order valence-corrected chi connectivity index (χ4v) is 2.54. The van der Waals surface area contributed by atoms with Gasteiger partial charge >= 0.3 is 0 Å². The summed E-state index contributed by atoms with van der Waals surface area (Å²) in [7, 11) is 0. The third-order valence-corrected chi connectivity index (χ3v) is 3.66. The predicted octanol–water partition coefficient (Wildman–Crippen LogP) is 3.86. The minimum Gasteiger partial charge on any atom is -0.399 e. The molecule has 4 aromatic rings. The number of fused-ring (bicyclic) bond motifs is 1. The first-order chi connectivity index (χ1) is 11.7. The maximum atomic E-state index is 13.5. The van der Waals surface area contributed by atoms with E-state index in [0.29, 0.717) is 17.3 Å². The topological polar surface area (TPSA) is 68.2 Å². The predicted molar refractivity (Wildman–Crippen MR) is 92.5 cm³/mol. The van der Waals surface area contributed by atoms with E-state index in [4.69, 9.17) is 5.73 Å². The van der Waals surface area contributed by atoms with Gasteiger partial charge in [-0.25, -0.2) is 8.91 Å². The van der Waals surface area contributed by atoms with Crippen molar-refractivity contribution in [1.82, 2.24) is 14.6 Å². The molecule has 0 atom stereocenters. The van der Waals surface area contributed by atoms with Crippen LogP contribution in [-0.4, -0.2) is 14.6 Å². The molecule has 0 radical (unpaired) electrons. The summed E-state index contributed by atoms with van der Waals surface area (Å²) in [6, 6.07) is 17.5. The number of halogens is 1. The van der Waals surface area contributed by atoms with Crippen molar-refractivity contribution >= 4 is 23.0 Å². The first-order valence-corrected chi connectivity index (χ1v) is 7.43. The Morgan fingerprint density at radius 3 is 2.62 bits per heavy atom. The van der Waals surface area contributed by atoms with Gasteiger partial charge in [-0.2, -0.15) is 4.98 Å². The van der Waals surface area contributed by atoms with Crippen LogP contribution in [0.4, 0.5) is 21.7 Å². The van der Waals surface area contributed by atoms with Crippen LogP contribution in [0.2, 0.25) is 0 Å². The van der Waals surface area contributed by atoms with Gasteiger partial charge < -0.3 is 11.1 Å². The number of nitrogen functional groups attached to an aromatic ring is 1. The molecule has 0 spiro atoms. The Kier molecular flexibility index (Phi) is 3.35. The van der Waals surface area contributed by atoms with Gasteiger partial charge in [-0.3, -0.25) is 0 Å². The van der Waals surface area contributed by atoms with Crippen LogP contribution in [0.15, 0.2) is 66.9 Å². The summed E-state index contributed by atoms with van der Waals surface area (Å²) >= 11 is 0. The van der Waals surface area contributed by atoms with Gasteiger partial charge in [0.2, 0.25) is 5.95 Å². The van der Waals surface area contributed by atoms with Gasteiger partial charge in [-0.1, -0.05) is 12.1 Å². The summed E-state index contributed by atoms with van der Waals surface area (Å²) in [6.45, 7) is 0. The van der Waals surface area contributed by atoms with Crippen molar-refractivity contribution in [3.05, 3.63) is 72.7 Å². The lowest BCUT2D eigenvalue weighted by Gasteiger charge is -2.02. The molecule has 0 saturated carbocycles. The molecule has 0 aliphatic rings. The number of pyridine rings is 1. The molecular weight excluding hydrogens is 305 g/mol. The van der Waals surface area contributed by atoms with Crippen LogP contribution >= 0.6 is 0 Å². The maximum absolute atomic E-state index is 13.5. The number of nitrogens with two attached hydrogens (primary N) is 1. The number of rotatable bonds is 3. The lowest BCUT2D eigenvalue weighted by atomic mass is 10.1.